The number of hydrogen-bond donors (Lipinski definition) is 1. The van der Waals surface area contributed by atoms with E-state index in [2.05, 4.69) is 4.98 Å². The highest BCUT2D eigenvalue weighted by atomic mass is 35.5. The van der Waals surface area contributed by atoms with Crippen molar-refractivity contribution in [3.05, 3.63) is 33.5 Å². The number of pyridine rings is 1. The molecule has 0 saturated carbocycles. The molecule has 0 aliphatic heterocycles. The third kappa shape index (κ3) is 3.77. The van der Waals surface area contributed by atoms with Crippen LogP contribution in [0.2, 0.25) is 4.34 Å². The maximum absolute atomic E-state index is 5.94. The van der Waals surface area contributed by atoms with E-state index in [0.717, 1.165) is 16.7 Å². The van der Waals surface area contributed by atoms with Gasteiger partial charge in [0.1, 0.15) is 5.82 Å². The van der Waals surface area contributed by atoms with Crippen LogP contribution in [0, 0.1) is 0 Å². The first kappa shape index (κ1) is 14.9. The third-order valence-electron chi connectivity index (χ3n) is 2.64. The smallest absolute Gasteiger partial charge is 0.239 e. The highest BCUT2D eigenvalue weighted by molar-refractivity contribution is 7.16. The van der Waals surface area contributed by atoms with Gasteiger partial charge in [-0.1, -0.05) is 11.6 Å². The molecule has 0 spiro atoms. The molecule has 0 amide bonds. The van der Waals surface area contributed by atoms with Crippen LogP contribution in [0.5, 0.6) is 5.88 Å². The first-order chi connectivity index (χ1) is 9.45. The van der Waals surface area contributed by atoms with Crippen molar-refractivity contribution in [1.82, 2.24) is 4.98 Å². The fraction of sp³-hybridized carbons (Fsp3) is 0.357. The number of nitrogens with two attached hydrogens (primary N) is 1. The predicted octanol–water partition coefficient (Wildman–Crippen LogP) is 3.80. The van der Waals surface area contributed by atoms with Crippen molar-refractivity contribution in [3.8, 4) is 5.88 Å². The minimum atomic E-state index is 0.0430. The molecule has 2 heterocycles. The molecule has 0 aliphatic rings. The topological polar surface area (TPSA) is 51.4 Å². The molecule has 0 unspecified atom stereocenters. The largest absolute Gasteiger partial charge is 0.473 e. The van der Waals surface area contributed by atoms with Crippen molar-refractivity contribution >= 4 is 34.4 Å². The van der Waals surface area contributed by atoms with Gasteiger partial charge in [0.15, 0.2) is 0 Å². The van der Waals surface area contributed by atoms with Crippen LogP contribution in [-0.2, 0) is 6.54 Å². The highest BCUT2D eigenvalue weighted by Gasteiger charge is 2.10. The summed E-state index contributed by atoms with van der Waals surface area (Å²) < 4.78 is 6.40. The van der Waals surface area contributed by atoms with Crippen molar-refractivity contribution in [3.63, 3.8) is 0 Å². The van der Waals surface area contributed by atoms with Gasteiger partial charge in [0.2, 0.25) is 5.88 Å². The number of halogens is 1. The number of rotatable bonds is 5. The zero-order valence-electron chi connectivity index (χ0n) is 11.8. The van der Waals surface area contributed by atoms with Gasteiger partial charge in [0.25, 0.3) is 0 Å². The van der Waals surface area contributed by atoms with E-state index < -0.39 is 0 Å². The van der Waals surface area contributed by atoms with Crippen LogP contribution in [0.4, 0.5) is 11.5 Å². The van der Waals surface area contributed by atoms with E-state index in [1.54, 1.807) is 11.3 Å². The van der Waals surface area contributed by atoms with E-state index in [4.69, 9.17) is 22.1 Å². The minimum absolute atomic E-state index is 0.0430. The van der Waals surface area contributed by atoms with Gasteiger partial charge in [0, 0.05) is 11.9 Å². The number of hydrogen-bond acceptors (Lipinski definition) is 5. The fourth-order valence-corrected chi connectivity index (χ4v) is 2.86. The molecule has 0 atom stereocenters. The number of anilines is 2. The second-order valence-electron chi connectivity index (χ2n) is 4.79. The van der Waals surface area contributed by atoms with Gasteiger partial charge in [-0.15, -0.1) is 11.3 Å². The normalized spacial score (nSPS) is 10.8. The number of ether oxygens (including phenoxy) is 1. The quantitative estimate of drug-likeness (QED) is 0.912. The first-order valence-electron chi connectivity index (χ1n) is 6.34. The Hall–Kier alpha value is -1.46. The summed E-state index contributed by atoms with van der Waals surface area (Å²) >= 11 is 7.51. The lowest BCUT2D eigenvalue weighted by Gasteiger charge is -2.19. The molecule has 2 aromatic heterocycles. The summed E-state index contributed by atoms with van der Waals surface area (Å²) in [5, 5.41) is 0. The average molecular weight is 312 g/mol. The molecular formula is C14H18ClN3OS. The highest BCUT2D eigenvalue weighted by Crippen LogP contribution is 2.26. The van der Waals surface area contributed by atoms with Crippen LogP contribution < -0.4 is 15.4 Å². The first-order valence-corrected chi connectivity index (χ1v) is 7.53. The van der Waals surface area contributed by atoms with Crippen LogP contribution >= 0.6 is 22.9 Å². The van der Waals surface area contributed by atoms with Crippen LogP contribution in [-0.4, -0.2) is 18.1 Å². The van der Waals surface area contributed by atoms with Gasteiger partial charge in [-0.3, -0.25) is 0 Å². The number of nitrogens with zero attached hydrogens (tertiary/aromatic N) is 2. The standard InChI is InChI=1S/C14H18ClN3OS/c1-9(2)19-14-11(16)5-7-13(17-14)18(3)8-10-4-6-12(15)20-10/h4-7,9H,8,16H2,1-3H3. The predicted molar refractivity (Wildman–Crippen MR) is 85.8 cm³/mol. The van der Waals surface area contributed by atoms with E-state index >= 15 is 0 Å². The lowest BCUT2D eigenvalue weighted by Crippen LogP contribution is -2.18. The second-order valence-corrected chi connectivity index (χ2v) is 6.59. The molecule has 0 aliphatic carbocycles. The van der Waals surface area contributed by atoms with Gasteiger partial charge in [0.05, 0.1) is 22.7 Å². The molecule has 0 bridgehead atoms. The summed E-state index contributed by atoms with van der Waals surface area (Å²) in [5.74, 6) is 1.30. The molecular weight excluding hydrogens is 294 g/mol. The zero-order valence-corrected chi connectivity index (χ0v) is 13.3. The van der Waals surface area contributed by atoms with Crippen molar-refractivity contribution in [2.75, 3.05) is 17.7 Å². The summed E-state index contributed by atoms with van der Waals surface area (Å²) in [5.41, 5.74) is 6.42. The van der Waals surface area contributed by atoms with E-state index in [-0.39, 0.29) is 6.10 Å². The Bertz CT molecular complexity index is 586. The molecule has 2 rings (SSSR count). The maximum Gasteiger partial charge on any atom is 0.239 e. The Morgan fingerprint density at radius 3 is 2.70 bits per heavy atom. The molecule has 0 aromatic carbocycles. The van der Waals surface area contributed by atoms with Crippen LogP contribution in [0.1, 0.15) is 18.7 Å². The van der Waals surface area contributed by atoms with Gasteiger partial charge in [-0.05, 0) is 38.1 Å². The van der Waals surface area contributed by atoms with Crippen molar-refractivity contribution in [2.45, 2.75) is 26.5 Å². The summed E-state index contributed by atoms with van der Waals surface area (Å²) in [4.78, 5) is 7.68. The average Bonchev–Trinajstić information content (AvgIpc) is 2.77. The van der Waals surface area contributed by atoms with Crippen LogP contribution in [0.25, 0.3) is 0 Å². The Labute approximate surface area is 128 Å². The summed E-state index contributed by atoms with van der Waals surface area (Å²) in [6.45, 7) is 4.64. The number of thiophene rings is 1. The lowest BCUT2D eigenvalue weighted by molar-refractivity contribution is 0.234. The molecule has 6 heteroatoms. The van der Waals surface area contributed by atoms with Gasteiger partial charge >= 0.3 is 0 Å². The SMILES string of the molecule is CC(C)Oc1nc(N(C)Cc2ccc(Cl)s2)ccc1N. The Kier molecular flexibility index (Phi) is 4.73. The minimum Gasteiger partial charge on any atom is -0.473 e. The van der Waals surface area contributed by atoms with Gasteiger partial charge in [-0.25, -0.2) is 0 Å². The molecule has 4 nitrogen and oxygen atoms in total. The number of nitrogen functional groups attached to an aromatic ring is 1. The Balaban J connectivity index is 2.15. The van der Waals surface area contributed by atoms with E-state index in [1.165, 1.54) is 4.88 Å². The summed E-state index contributed by atoms with van der Waals surface area (Å²) in [6.07, 6.45) is 0.0430. The molecule has 0 saturated heterocycles. The molecule has 20 heavy (non-hydrogen) atoms. The maximum atomic E-state index is 5.94. The van der Waals surface area contributed by atoms with Crippen molar-refractivity contribution in [2.24, 2.45) is 0 Å². The second kappa shape index (κ2) is 6.33. The Morgan fingerprint density at radius 1 is 1.35 bits per heavy atom. The summed E-state index contributed by atoms with van der Waals surface area (Å²) in [6, 6.07) is 7.63. The van der Waals surface area contributed by atoms with E-state index in [1.807, 2.05) is 50.1 Å². The Morgan fingerprint density at radius 2 is 2.10 bits per heavy atom. The third-order valence-corrected chi connectivity index (χ3v) is 3.85. The van der Waals surface area contributed by atoms with Crippen molar-refractivity contribution < 1.29 is 4.74 Å². The van der Waals surface area contributed by atoms with E-state index in [0.29, 0.717) is 11.6 Å². The molecule has 2 aromatic rings. The molecule has 0 fully saturated rings. The van der Waals surface area contributed by atoms with Gasteiger partial charge in [-0.2, -0.15) is 4.98 Å². The molecule has 2 N–H and O–H groups in total. The molecule has 108 valence electrons. The molecule has 0 radical (unpaired) electrons. The van der Waals surface area contributed by atoms with Crippen LogP contribution in [0.3, 0.4) is 0 Å². The summed E-state index contributed by atoms with van der Waals surface area (Å²) in [7, 11) is 1.98. The van der Waals surface area contributed by atoms with Crippen LogP contribution in [0.15, 0.2) is 24.3 Å². The zero-order chi connectivity index (χ0) is 14.7. The van der Waals surface area contributed by atoms with E-state index in [9.17, 15) is 0 Å². The van der Waals surface area contributed by atoms with Gasteiger partial charge < -0.3 is 15.4 Å². The number of aromatic nitrogens is 1. The fourth-order valence-electron chi connectivity index (χ4n) is 1.72. The lowest BCUT2D eigenvalue weighted by atomic mass is 10.3. The van der Waals surface area contributed by atoms with Crippen molar-refractivity contribution in [1.29, 1.82) is 0 Å². The monoisotopic (exact) mass is 311 g/mol.